The number of ether oxygens (including phenoxy) is 1. The molecule has 0 spiro atoms. The Labute approximate surface area is 116 Å². The summed E-state index contributed by atoms with van der Waals surface area (Å²) in [7, 11) is 0. The van der Waals surface area contributed by atoms with Crippen LogP contribution in [-0.4, -0.2) is 18.1 Å². The Hall–Kier alpha value is -0.750. The first-order chi connectivity index (χ1) is 8.88. The Bertz CT molecular complexity index is 440. The van der Waals surface area contributed by atoms with E-state index < -0.39 is 0 Å². The Kier molecular flexibility index (Phi) is 5.80. The van der Waals surface area contributed by atoms with Crippen LogP contribution in [0, 0.1) is 0 Å². The second-order valence-electron chi connectivity index (χ2n) is 3.89. The SMILES string of the molecule is CCNCc1nc(COCCc2cccs2)cs1. The maximum Gasteiger partial charge on any atom is 0.107 e. The van der Waals surface area contributed by atoms with Crippen molar-refractivity contribution in [2.24, 2.45) is 0 Å². The van der Waals surface area contributed by atoms with Crippen LogP contribution in [0.25, 0.3) is 0 Å². The van der Waals surface area contributed by atoms with Crippen molar-refractivity contribution in [3.63, 3.8) is 0 Å². The quantitative estimate of drug-likeness (QED) is 0.756. The van der Waals surface area contributed by atoms with Crippen LogP contribution >= 0.6 is 22.7 Å². The van der Waals surface area contributed by atoms with Gasteiger partial charge in [-0.25, -0.2) is 4.98 Å². The molecule has 0 bridgehead atoms. The highest BCUT2D eigenvalue weighted by atomic mass is 32.1. The molecule has 0 aromatic carbocycles. The van der Waals surface area contributed by atoms with Crippen molar-refractivity contribution in [1.82, 2.24) is 10.3 Å². The predicted octanol–water partition coefficient (Wildman–Crippen LogP) is 3.07. The fraction of sp³-hybridized carbons (Fsp3) is 0.462. The third-order valence-electron chi connectivity index (χ3n) is 2.45. The Morgan fingerprint density at radius 3 is 3.11 bits per heavy atom. The summed E-state index contributed by atoms with van der Waals surface area (Å²) >= 11 is 3.47. The molecule has 1 N–H and O–H groups in total. The topological polar surface area (TPSA) is 34.2 Å². The number of nitrogens with zero attached hydrogens (tertiary/aromatic N) is 1. The molecule has 0 saturated carbocycles. The van der Waals surface area contributed by atoms with Crippen LogP contribution in [0.5, 0.6) is 0 Å². The van der Waals surface area contributed by atoms with E-state index in [2.05, 4.69) is 40.1 Å². The molecule has 2 aromatic heterocycles. The maximum atomic E-state index is 5.64. The molecule has 0 amide bonds. The van der Waals surface area contributed by atoms with Gasteiger partial charge in [-0.1, -0.05) is 13.0 Å². The number of thiophene rings is 1. The van der Waals surface area contributed by atoms with E-state index in [1.807, 2.05) is 0 Å². The minimum Gasteiger partial charge on any atom is -0.375 e. The summed E-state index contributed by atoms with van der Waals surface area (Å²) in [4.78, 5) is 5.89. The van der Waals surface area contributed by atoms with Crippen molar-refractivity contribution in [2.45, 2.75) is 26.5 Å². The molecule has 0 aliphatic carbocycles. The number of aromatic nitrogens is 1. The zero-order valence-electron chi connectivity index (χ0n) is 10.5. The largest absolute Gasteiger partial charge is 0.375 e. The monoisotopic (exact) mass is 282 g/mol. The van der Waals surface area contributed by atoms with Gasteiger partial charge >= 0.3 is 0 Å². The number of thiazole rings is 1. The molecule has 0 radical (unpaired) electrons. The minimum atomic E-state index is 0.619. The van der Waals surface area contributed by atoms with Crippen LogP contribution in [0.4, 0.5) is 0 Å². The van der Waals surface area contributed by atoms with Gasteiger partial charge in [0, 0.05) is 23.2 Å². The number of rotatable bonds is 8. The molecule has 0 aliphatic heterocycles. The van der Waals surface area contributed by atoms with Gasteiger partial charge in [0.15, 0.2) is 0 Å². The van der Waals surface area contributed by atoms with Gasteiger partial charge in [0.2, 0.25) is 0 Å². The normalized spacial score (nSPS) is 10.9. The van der Waals surface area contributed by atoms with Crippen LogP contribution in [0.15, 0.2) is 22.9 Å². The minimum absolute atomic E-state index is 0.619. The third kappa shape index (κ3) is 4.49. The lowest BCUT2D eigenvalue weighted by atomic mass is 10.4. The van der Waals surface area contributed by atoms with E-state index >= 15 is 0 Å². The summed E-state index contributed by atoms with van der Waals surface area (Å²) < 4.78 is 5.64. The van der Waals surface area contributed by atoms with Crippen LogP contribution < -0.4 is 5.32 Å². The molecule has 0 atom stereocenters. The first-order valence-corrected chi connectivity index (χ1v) is 7.88. The van der Waals surface area contributed by atoms with Crippen molar-refractivity contribution in [1.29, 1.82) is 0 Å². The summed E-state index contributed by atoms with van der Waals surface area (Å²) in [5.41, 5.74) is 1.04. The highest BCUT2D eigenvalue weighted by Gasteiger charge is 2.02. The summed E-state index contributed by atoms with van der Waals surface area (Å²) in [5.74, 6) is 0. The Morgan fingerprint density at radius 2 is 2.33 bits per heavy atom. The lowest BCUT2D eigenvalue weighted by Crippen LogP contribution is -2.11. The fourth-order valence-corrected chi connectivity index (χ4v) is 2.97. The van der Waals surface area contributed by atoms with E-state index in [0.717, 1.165) is 36.8 Å². The van der Waals surface area contributed by atoms with Crippen LogP contribution in [0.1, 0.15) is 22.5 Å². The summed E-state index contributed by atoms with van der Waals surface area (Å²) in [6, 6.07) is 4.22. The summed E-state index contributed by atoms with van der Waals surface area (Å²) in [5, 5.41) is 8.59. The molecule has 5 heteroatoms. The Balaban J connectivity index is 1.65. The lowest BCUT2D eigenvalue weighted by molar-refractivity contribution is 0.122. The molecule has 18 heavy (non-hydrogen) atoms. The molecular formula is C13H18N2OS2. The summed E-state index contributed by atoms with van der Waals surface area (Å²) in [6.07, 6.45) is 0.992. The molecule has 2 heterocycles. The fourth-order valence-electron chi connectivity index (χ4n) is 1.53. The molecule has 2 rings (SSSR count). The van der Waals surface area contributed by atoms with E-state index in [-0.39, 0.29) is 0 Å². The van der Waals surface area contributed by atoms with Gasteiger partial charge in [-0.05, 0) is 18.0 Å². The average Bonchev–Trinajstić information content (AvgIpc) is 3.04. The van der Waals surface area contributed by atoms with Crippen LogP contribution in [0.3, 0.4) is 0 Å². The van der Waals surface area contributed by atoms with Crippen molar-refractivity contribution >= 4 is 22.7 Å². The van der Waals surface area contributed by atoms with Gasteiger partial charge in [-0.3, -0.25) is 0 Å². The second kappa shape index (κ2) is 7.63. The molecule has 0 aliphatic rings. The van der Waals surface area contributed by atoms with Crippen molar-refractivity contribution in [3.8, 4) is 0 Å². The first kappa shape index (κ1) is 13.7. The molecule has 0 saturated heterocycles. The van der Waals surface area contributed by atoms with E-state index in [9.17, 15) is 0 Å². The van der Waals surface area contributed by atoms with Gasteiger partial charge < -0.3 is 10.1 Å². The van der Waals surface area contributed by atoms with Crippen molar-refractivity contribution in [2.75, 3.05) is 13.2 Å². The Morgan fingerprint density at radius 1 is 1.39 bits per heavy atom. The van der Waals surface area contributed by atoms with Gasteiger partial charge in [0.25, 0.3) is 0 Å². The first-order valence-electron chi connectivity index (χ1n) is 6.12. The van der Waals surface area contributed by atoms with Gasteiger partial charge in [-0.15, -0.1) is 22.7 Å². The number of nitrogens with one attached hydrogen (secondary N) is 1. The van der Waals surface area contributed by atoms with Crippen molar-refractivity contribution in [3.05, 3.63) is 38.5 Å². The number of hydrogen-bond donors (Lipinski definition) is 1. The maximum absolute atomic E-state index is 5.64. The molecule has 0 fully saturated rings. The van der Waals surface area contributed by atoms with E-state index in [1.165, 1.54) is 4.88 Å². The predicted molar refractivity (Wildman–Crippen MR) is 77.2 cm³/mol. The summed E-state index contributed by atoms with van der Waals surface area (Å²) in [6.45, 7) is 5.32. The van der Waals surface area contributed by atoms with E-state index in [4.69, 9.17) is 4.74 Å². The van der Waals surface area contributed by atoms with Gasteiger partial charge in [-0.2, -0.15) is 0 Å². The van der Waals surface area contributed by atoms with Gasteiger partial charge in [0.05, 0.1) is 18.9 Å². The van der Waals surface area contributed by atoms with E-state index in [0.29, 0.717) is 6.61 Å². The highest BCUT2D eigenvalue weighted by molar-refractivity contribution is 7.10. The van der Waals surface area contributed by atoms with Gasteiger partial charge in [0.1, 0.15) is 5.01 Å². The number of hydrogen-bond acceptors (Lipinski definition) is 5. The van der Waals surface area contributed by atoms with E-state index in [1.54, 1.807) is 22.7 Å². The second-order valence-corrected chi connectivity index (χ2v) is 5.87. The molecule has 0 unspecified atom stereocenters. The standard InChI is InChI=1S/C13H18N2OS2/c1-2-14-8-13-15-11(10-18-13)9-16-6-5-12-4-3-7-17-12/h3-4,7,10,14H,2,5-6,8-9H2,1H3. The van der Waals surface area contributed by atoms with Crippen LogP contribution in [0.2, 0.25) is 0 Å². The smallest absolute Gasteiger partial charge is 0.107 e. The third-order valence-corrected chi connectivity index (χ3v) is 4.28. The molecular weight excluding hydrogens is 264 g/mol. The molecule has 98 valence electrons. The zero-order valence-corrected chi connectivity index (χ0v) is 12.1. The van der Waals surface area contributed by atoms with Crippen molar-refractivity contribution < 1.29 is 4.74 Å². The lowest BCUT2D eigenvalue weighted by Gasteiger charge is -2.00. The zero-order chi connectivity index (χ0) is 12.6. The average molecular weight is 282 g/mol. The molecule has 2 aromatic rings. The van der Waals surface area contributed by atoms with Crippen LogP contribution in [-0.2, 0) is 24.3 Å². The highest BCUT2D eigenvalue weighted by Crippen LogP contribution is 2.12. The molecule has 3 nitrogen and oxygen atoms in total.